The standard InChI is InChI=1S/C16H22N2O/c1-3-5-14(6-4-2)18-10-9-12-7-8-13(16(17)19)11-15(12)18/h7-11,14H,3-6H2,1-2H3,(H2,17,19). The number of amides is 1. The first-order valence-corrected chi connectivity index (χ1v) is 7.07. The number of nitrogens with two attached hydrogens (primary N) is 1. The molecule has 0 saturated heterocycles. The average Bonchev–Trinajstić information content (AvgIpc) is 2.81. The molecular formula is C16H22N2O. The van der Waals surface area contributed by atoms with Gasteiger partial charge in [-0.15, -0.1) is 0 Å². The number of rotatable bonds is 6. The summed E-state index contributed by atoms with van der Waals surface area (Å²) in [7, 11) is 0. The van der Waals surface area contributed by atoms with Crippen LogP contribution in [0.1, 0.15) is 55.9 Å². The van der Waals surface area contributed by atoms with Gasteiger partial charge in [-0.1, -0.05) is 32.8 Å². The zero-order valence-electron chi connectivity index (χ0n) is 11.7. The summed E-state index contributed by atoms with van der Waals surface area (Å²) in [5, 5.41) is 1.17. The third kappa shape index (κ3) is 2.80. The third-order valence-corrected chi connectivity index (χ3v) is 3.65. The first-order valence-electron chi connectivity index (χ1n) is 7.07. The van der Waals surface area contributed by atoms with E-state index in [1.807, 2.05) is 12.1 Å². The Morgan fingerprint density at radius 1 is 1.21 bits per heavy atom. The van der Waals surface area contributed by atoms with Crippen LogP contribution in [0.15, 0.2) is 30.5 Å². The Kier molecular flexibility index (Phi) is 4.25. The van der Waals surface area contributed by atoms with E-state index in [0.717, 1.165) is 5.52 Å². The first kappa shape index (κ1) is 13.7. The minimum absolute atomic E-state index is 0.364. The Morgan fingerprint density at radius 3 is 2.47 bits per heavy atom. The van der Waals surface area contributed by atoms with E-state index in [2.05, 4.69) is 30.7 Å². The Balaban J connectivity index is 2.46. The maximum absolute atomic E-state index is 11.3. The van der Waals surface area contributed by atoms with Crippen LogP contribution >= 0.6 is 0 Å². The van der Waals surface area contributed by atoms with Crippen molar-refractivity contribution in [3.8, 4) is 0 Å². The quantitative estimate of drug-likeness (QED) is 0.839. The van der Waals surface area contributed by atoms with Gasteiger partial charge in [-0.3, -0.25) is 4.79 Å². The lowest BCUT2D eigenvalue weighted by atomic mass is 10.1. The van der Waals surface area contributed by atoms with Gasteiger partial charge in [0.25, 0.3) is 0 Å². The molecule has 0 aliphatic carbocycles. The molecule has 1 amide bonds. The molecule has 1 aromatic carbocycles. The van der Waals surface area contributed by atoms with Crippen LogP contribution in [-0.4, -0.2) is 10.5 Å². The van der Waals surface area contributed by atoms with Gasteiger partial charge in [-0.2, -0.15) is 0 Å². The van der Waals surface area contributed by atoms with Crippen LogP contribution in [-0.2, 0) is 0 Å². The molecule has 0 bridgehead atoms. The summed E-state index contributed by atoms with van der Waals surface area (Å²) >= 11 is 0. The molecule has 2 N–H and O–H groups in total. The SMILES string of the molecule is CCCC(CCC)n1ccc2ccc(C(N)=O)cc21. The first-order chi connectivity index (χ1) is 9.17. The smallest absolute Gasteiger partial charge is 0.248 e. The Bertz CT molecular complexity index is 565. The lowest BCUT2D eigenvalue weighted by Crippen LogP contribution is -2.12. The van der Waals surface area contributed by atoms with Crippen molar-refractivity contribution in [2.24, 2.45) is 5.73 Å². The van der Waals surface area contributed by atoms with Crippen molar-refractivity contribution in [1.29, 1.82) is 0 Å². The van der Waals surface area contributed by atoms with Crippen molar-refractivity contribution >= 4 is 16.8 Å². The van der Waals surface area contributed by atoms with E-state index in [1.54, 1.807) is 6.07 Å². The van der Waals surface area contributed by atoms with Crippen molar-refractivity contribution in [3.05, 3.63) is 36.0 Å². The number of aromatic nitrogens is 1. The van der Waals surface area contributed by atoms with Crippen molar-refractivity contribution in [1.82, 2.24) is 4.57 Å². The fraction of sp³-hybridized carbons (Fsp3) is 0.438. The van der Waals surface area contributed by atoms with Crippen molar-refractivity contribution in [3.63, 3.8) is 0 Å². The van der Waals surface area contributed by atoms with Gasteiger partial charge in [0.2, 0.25) is 5.91 Å². The summed E-state index contributed by atoms with van der Waals surface area (Å²) in [5.41, 5.74) is 7.07. The van der Waals surface area contributed by atoms with Crippen LogP contribution in [0.4, 0.5) is 0 Å². The Labute approximate surface area is 114 Å². The van der Waals surface area contributed by atoms with E-state index in [9.17, 15) is 4.79 Å². The number of carbonyl (C=O) groups is 1. The number of fused-ring (bicyclic) bond motifs is 1. The van der Waals surface area contributed by atoms with E-state index >= 15 is 0 Å². The maximum Gasteiger partial charge on any atom is 0.248 e. The van der Waals surface area contributed by atoms with Crippen molar-refractivity contribution in [2.45, 2.75) is 45.6 Å². The van der Waals surface area contributed by atoms with E-state index < -0.39 is 0 Å². The second kappa shape index (κ2) is 5.91. The predicted octanol–water partition coefficient (Wildman–Crippen LogP) is 3.88. The van der Waals surface area contributed by atoms with E-state index in [-0.39, 0.29) is 5.91 Å². The van der Waals surface area contributed by atoms with Gasteiger partial charge in [-0.05, 0) is 36.4 Å². The topological polar surface area (TPSA) is 48.0 Å². The van der Waals surface area contributed by atoms with Gasteiger partial charge in [-0.25, -0.2) is 0 Å². The lowest BCUT2D eigenvalue weighted by Gasteiger charge is -2.19. The molecular weight excluding hydrogens is 236 g/mol. The molecule has 0 aliphatic heterocycles. The second-order valence-electron chi connectivity index (χ2n) is 5.09. The highest BCUT2D eigenvalue weighted by Crippen LogP contribution is 2.27. The largest absolute Gasteiger partial charge is 0.366 e. The molecule has 0 radical (unpaired) electrons. The van der Waals surface area contributed by atoms with Crippen LogP contribution in [0.2, 0.25) is 0 Å². The zero-order valence-corrected chi connectivity index (χ0v) is 11.7. The number of primary amides is 1. The molecule has 102 valence electrons. The van der Waals surface area contributed by atoms with Gasteiger partial charge in [0, 0.05) is 23.3 Å². The molecule has 0 atom stereocenters. The predicted molar refractivity (Wildman–Crippen MR) is 79.3 cm³/mol. The number of nitrogens with zero attached hydrogens (tertiary/aromatic N) is 1. The molecule has 2 rings (SSSR count). The summed E-state index contributed by atoms with van der Waals surface area (Å²) in [6, 6.07) is 8.30. The molecule has 0 fully saturated rings. The lowest BCUT2D eigenvalue weighted by molar-refractivity contribution is 0.100. The summed E-state index contributed by atoms with van der Waals surface area (Å²) in [5.74, 6) is -0.364. The van der Waals surface area contributed by atoms with Gasteiger partial charge in [0.1, 0.15) is 0 Å². The molecule has 19 heavy (non-hydrogen) atoms. The van der Waals surface area contributed by atoms with Gasteiger partial charge in [0.05, 0.1) is 0 Å². The van der Waals surface area contributed by atoms with E-state index in [4.69, 9.17) is 5.73 Å². The highest BCUT2D eigenvalue weighted by atomic mass is 16.1. The van der Waals surface area contributed by atoms with Crippen molar-refractivity contribution < 1.29 is 4.79 Å². The molecule has 0 unspecified atom stereocenters. The van der Waals surface area contributed by atoms with Crippen molar-refractivity contribution in [2.75, 3.05) is 0 Å². The monoisotopic (exact) mass is 258 g/mol. The molecule has 0 spiro atoms. The fourth-order valence-corrected chi connectivity index (χ4v) is 2.71. The highest BCUT2D eigenvalue weighted by molar-refractivity contribution is 5.97. The van der Waals surface area contributed by atoms with Crippen LogP contribution in [0.3, 0.4) is 0 Å². The molecule has 1 heterocycles. The normalized spacial score (nSPS) is 11.3. The summed E-state index contributed by atoms with van der Waals surface area (Å²) in [6.45, 7) is 4.42. The van der Waals surface area contributed by atoms with Crippen LogP contribution in [0.25, 0.3) is 10.9 Å². The highest BCUT2D eigenvalue weighted by Gasteiger charge is 2.12. The van der Waals surface area contributed by atoms with Gasteiger partial charge < -0.3 is 10.3 Å². The van der Waals surface area contributed by atoms with Gasteiger partial charge >= 0.3 is 0 Å². The Hall–Kier alpha value is -1.77. The molecule has 0 saturated carbocycles. The molecule has 0 aliphatic rings. The number of carbonyl (C=O) groups excluding carboxylic acids is 1. The molecule has 3 heteroatoms. The summed E-state index contributed by atoms with van der Waals surface area (Å²) in [6.07, 6.45) is 6.79. The number of hydrogen-bond donors (Lipinski definition) is 1. The average molecular weight is 258 g/mol. The van der Waals surface area contributed by atoms with Crippen LogP contribution in [0, 0.1) is 0 Å². The minimum atomic E-state index is -0.364. The second-order valence-corrected chi connectivity index (χ2v) is 5.09. The third-order valence-electron chi connectivity index (χ3n) is 3.65. The molecule has 2 aromatic rings. The van der Waals surface area contributed by atoms with Crippen LogP contribution < -0.4 is 5.73 Å². The minimum Gasteiger partial charge on any atom is -0.366 e. The van der Waals surface area contributed by atoms with E-state index in [0.29, 0.717) is 11.6 Å². The van der Waals surface area contributed by atoms with Gasteiger partial charge in [0.15, 0.2) is 0 Å². The zero-order chi connectivity index (χ0) is 13.8. The Morgan fingerprint density at radius 2 is 1.89 bits per heavy atom. The number of hydrogen-bond acceptors (Lipinski definition) is 1. The summed E-state index contributed by atoms with van der Waals surface area (Å²) in [4.78, 5) is 11.3. The van der Waals surface area contributed by atoms with Crippen LogP contribution in [0.5, 0.6) is 0 Å². The number of benzene rings is 1. The molecule has 3 nitrogen and oxygen atoms in total. The maximum atomic E-state index is 11.3. The fourth-order valence-electron chi connectivity index (χ4n) is 2.71. The molecule has 1 aromatic heterocycles. The summed E-state index contributed by atoms with van der Waals surface area (Å²) < 4.78 is 2.30. The van der Waals surface area contributed by atoms with E-state index in [1.165, 1.54) is 31.1 Å².